The summed E-state index contributed by atoms with van der Waals surface area (Å²) in [4.78, 5) is 31.2. The maximum absolute atomic E-state index is 10.6. The lowest BCUT2D eigenvalue weighted by molar-refractivity contribution is -0.149. The van der Waals surface area contributed by atoms with E-state index in [-0.39, 0.29) is 6.42 Å². The second-order valence-corrected chi connectivity index (χ2v) is 2.78. The average molecular weight is 204 g/mol. The van der Waals surface area contributed by atoms with E-state index in [2.05, 4.69) is 4.74 Å². The minimum Gasteiger partial charge on any atom is -0.481 e. The van der Waals surface area contributed by atoms with E-state index < -0.39 is 30.4 Å². The number of carbonyl (C=O) groups excluding carboxylic acids is 1. The molecule has 0 aliphatic carbocycles. The van der Waals surface area contributed by atoms with Gasteiger partial charge in [-0.1, -0.05) is 0 Å². The highest BCUT2D eigenvalue weighted by atomic mass is 16.5. The fraction of sp³-hybridized carbons (Fsp3) is 0.625. The van der Waals surface area contributed by atoms with Crippen molar-refractivity contribution in [1.82, 2.24) is 0 Å². The Morgan fingerprint density at radius 1 is 1.43 bits per heavy atom. The zero-order chi connectivity index (χ0) is 11.1. The van der Waals surface area contributed by atoms with E-state index in [9.17, 15) is 14.4 Å². The molecule has 80 valence electrons. The van der Waals surface area contributed by atoms with Crippen molar-refractivity contribution in [2.24, 2.45) is 5.92 Å². The van der Waals surface area contributed by atoms with Crippen molar-refractivity contribution >= 4 is 18.2 Å². The number of hydrogen-bond donors (Lipinski definition) is 2. The van der Waals surface area contributed by atoms with Gasteiger partial charge in [0.2, 0.25) is 0 Å². The summed E-state index contributed by atoms with van der Waals surface area (Å²) in [5, 5.41) is 17.0. The lowest BCUT2D eigenvalue weighted by Gasteiger charge is -2.13. The van der Waals surface area contributed by atoms with Gasteiger partial charge in [0.1, 0.15) is 12.4 Å². The topological polar surface area (TPSA) is 101 Å². The van der Waals surface area contributed by atoms with Gasteiger partial charge in [-0.3, -0.25) is 9.59 Å². The first-order chi connectivity index (χ1) is 6.51. The third-order valence-electron chi connectivity index (χ3n) is 1.74. The van der Waals surface area contributed by atoms with E-state index in [1.54, 1.807) is 0 Å². The molecule has 0 rings (SSSR count). The fourth-order valence-corrected chi connectivity index (χ4v) is 0.970. The van der Waals surface area contributed by atoms with Crippen molar-refractivity contribution in [2.45, 2.75) is 18.9 Å². The van der Waals surface area contributed by atoms with Crippen LogP contribution in [0.15, 0.2) is 0 Å². The summed E-state index contributed by atoms with van der Waals surface area (Å²) in [7, 11) is 1.26. The van der Waals surface area contributed by atoms with Gasteiger partial charge in [0, 0.05) is 7.11 Å². The van der Waals surface area contributed by atoms with Crippen molar-refractivity contribution in [2.75, 3.05) is 7.11 Å². The Bertz CT molecular complexity index is 224. The lowest BCUT2D eigenvalue weighted by Crippen LogP contribution is -2.25. The van der Waals surface area contributed by atoms with Crippen molar-refractivity contribution in [3.8, 4) is 0 Å². The third-order valence-corrected chi connectivity index (χ3v) is 1.74. The number of aliphatic carboxylic acids is 2. The number of carboxylic acid groups (broad SMARTS) is 2. The molecule has 2 N–H and O–H groups in total. The molecule has 0 aliphatic heterocycles. The highest BCUT2D eigenvalue weighted by Crippen LogP contribution is 2.12. The van der Waals surface area contributed by atoms with Crippen LogP contribution in [0.5, 0.6) is 0 Å². The number of carbonyl (C=O) groups is 3. The Morgan fingerprint density at radius 2 is 2.00 bits per heavy atom. The van der Waals surface area contributed by atoms with Gasteiger partial charge in [-0.05, 0) is 6.42 Å². The first-order valence-corrected chi connectivity index (χ1v) is 3.94. The van der Waals surface area contributed by atoms with Crippen LogP contribution in [0, 0.1) is 5.92 Å². The molecule has 0 saturated carbocycles. The Kier molecular flexibility index (Phi) is 5.47. The van der Waals surface area contributed by atoms with Crippen LogP contribution in [-0.2, 0) is 19.1 Å². The maximum atomic E-state index is 10.6. The fourth-order valence-electron chi connectivity index (χ4n) is 0.970. The zero-order valence-electron chi connectivity index (χ0n) is 7.67. The van der Waals surface area contributed by atoms with E-state index in [1.807, 2.05) is 0 Å². The first kappa shape index (κ1) is 12.6. The molecular formula is C8H12O6. The molecule has 14 heavy (non-hydrogen) atoms. The number of methoxy groups -OCH3 is 1. The van der Waals surface area contributed by atoms with Gasteiger partial charge in [-0.25, -0.2) is 0 Å². The minimum atomic E-state index is -1.24. The Balaban J connectivity index is 4.28. The van der Waals surface area contributed by atoms with Crippen LogP contribution in [0.2, 0.25) is 0 Å². The van der Waals surface area contributed by atoms with E-state index in [0.717, 1.165) is 0 Å². The largest absolute Gasteiger partial charge is 0.481 e. The predicted molar refractivity (Wildman–Crippen MR) is 44.9 cm³/mol. The molecule has 6 heteroatoms. The normalized spacial score (nSPS) is 14.4. The number of rotatable bonds is 7. The van der Waals surface area contributed by atoms with E-state index in [4.69, 9.17) is 10.2 Å². The predicted octanol–water partition coefficient (Wildman–Crippen LogP) is -0.234. The SMILES string of the molecule is COC(C=O)CC(CC(=O)O)C(=O)O. The van der Waals surface area contributed by atoms with Crippen molar-refractivity contribution in [1.29, 1.82) is 0 Å². The molecule has 0 aromatic rings. The van der Waals surface area contributed by atoms with E-state index >= 15 is 0 Å². The van der Waals surface area contributed by atoms with Crippen LogP contribution in [-0.4, -0.2) is 41.7 Å². The van der Waals surface area contributed by atoms with Crippen LogP contribution in [0.3, 0.4) is 0 Å². The molecule has 0 aromatic heterocycles. The second kappa shape index (κ2) is 6.09. The molecule has 0 radical (unpaired) electrons. The monoisotopic (exact) mass is 204 g/mol. The summed E-state index contributed by atoms with van der Waals surface area (Å²) in [6.45, 7) is 0. The van der Waals surface area contributed by atoms with Gasteiger partial charge in [0.05, 0.1) is 12.3 Å². The van der Waals surface area contributed by atoms with Crippen LogP contribution in [0.1, 0.15) is 12.8 Å². The second-order valence-electron chi connectivity index (χ2n) is 2.78. The lowest BCUT2D eigenvalue weighted by atomic mass is 9.98. The summed E-state index contributed by atoms with van der Waals surface area (Å²) in [6.07, 6.45) is -1.04. The summed E-state index contributed by atoms with van der Waals surface area (Å²) < 4.78 is 4.64. The highest BCUT2D eigenvalue weighted by molar-refractivity contribution is 5.78. The van der Waals surface area contributed by atoms with Crippen LogP contribution >= 0.6 is 0 Å². The Labute approximate surface area is 80.5 Å². The summed E-state index contributed by atoms with van der Waals surface area (Å²) in [6, 6.07) is 0. The summed E-state index contributed by atoms with van der Waals surface area (Å²) in [5.74, 6) is -3.54. The molecule has 6 nitrogen and oxygen atoms in total. The molecular weight excluding hydrogens is 192 g/mol. The van der Waals surface area contributed by atoms with Gasteiger partial charge in [-0.2, -0.15) is 0 Å². The smallest absolute Gasteiger partial charge is 0.307 e. The summed E-state index contributed by atoms with van der Waals surface area (Å²) >= 11 is 0. The average Bonchev–Trinajstić information content (AvgIpc) is 2.11. The molecule has 0 bridgehead atoms. The van der Waals surface area contributed by atoms with Gasteiger partial charge in [-0.15, -0.1) is 0 Å². The number of carboxylic acids is 2. The van der Waals surface area contributed by atoms with Crippen LogP contribution in [0.4, 0.5) is 0 Å². The Hall–Kier alpha value is -1.43. The first-order valence-electron chi connectivity index (χ1n) is 3.94. The quantitative estimate of drug-likeness (QED) is 0.555. The third kappa shape index (κ3) is 4.56. The van der Waals surface area contributed by atoms with Gasteiger partial charge < -0.3 is 19.7 Å². The number of hydrogen-bond acceptors (Lipinski definition) is 4. The van der Waals surface area contributed by atoms with Crippen molar-refractivity contribution < 1.29 is 29.3 Å². The molecule has 0 spiro atoms. The number of aldehydes is 1. The molecule has 0 saturated heterocycles. The number of ether oxygens (including phenoxy) is 1. The van der Waals surface area contributed by atoms with Crippen molar-refractivity contribution in [3.05, 3.63) is 0 Å². The van der Waals surface area contributed by atoms with Gasteiger partial charge in [0.25, 0.3) is 0 Å². The molecule has 0 amide bonds. The minimum absolute atomic E-state index is 0.123. The zero-order valence-corrected chi connectivity index (χ0v) is 7.67. The molecule has 0 fully saturated rings. The molecule has 2 atom stereocenters. The standard InChI is InChI=1S/C8H12O6/c1-14-6(4-9)2-5(8(12)13)3-7(10)11/h4-6H,2-3H2,1H3,(H,10,11)(H,12,13). The van der Waals surface area contributed by atoms with E-state index in [1.165, 1.54) is 7.11 Å². The molecule has 0 heterocycles. The van der Waals surface area contributed by atoms with Crippen molar-refractivity contribution in [3.63, 3.8) is 0 Å². The van der Waals surface area contributed by atoms with E-state index in [0.29, 0.717) is 6.29 Å². The van der Waals surface area contributed by atoms with Gasteiger partial charge >= 0.3 is 11.9 Å². The molecule has 2 unspecified atom stereocenters. The molecule has 0 aliphatic rings. The highest BCUT2D eigenvalue weighted by Gasteiger charge is 2.24. The summed E-state index contributed by atoms with van der Waals surface area (Å²) in [5.41, 5.74) is 0. The Morgan fingerprint density at radius 3 is 2.29 bits per heavy atom. The maximum Gasteiger partial charge on any atom is 0.307 e. The van der Waals surface area contributed by atoms with Crippen LogP contribution < -0.4 is 0 Å². The van der Waals surface area contributed by atoms with Gasteiger partial charge in [0.15, 0.2) is 0 Å². The molecule has 0 aromatic carbocycles. The van der Waals surface area contributed by atoms with Crippen LogP contribution in [0.25, 0.3) is 0 Å².